The summed E-state index contributed by atoms with van der Waals surface area (Å²) in [4.78, 5) is 5.30. The van der Waals surface area contributed by atoms with Crippen LogP contribution in [-0.4, -0.2) is 15.8 Å². The van der Waals surface area contributed by atoms with Crippen molar-refractivity contribution in [3.05, 3.63) is 24.3 Å². The van der Waals surface area contributed by atoms with Crippen LogP contribution in [0.2, 0.25) is 0 Å². The Hall–Kier alpha value is -0.710. The molecule has 3 nitrogen and oxygen atoms in total. The minimum atomic E-state index is -0.1000. The second-order valence-corrected chi connectivity index (χ2v) is 4.90. The largest absolute Gasteiger partial charge is 0.290 e. The molecule has 0 amide bonds. The number of amidine groups is 1. The number of halogens is 1. The number of para-hydroxylation sites is 1. The molecule has 74 valence electrons. The van der Waals surface area contributed by atoms with Gasteiger partial charge in [-0.25, -0.2) is 4.99 Å². The fourth-order valence-corrected chi connectivity index (χ4v) is 2.58. The van der Waals surface area contributed by atoms with Crippen LogP contribution in [-0.2, 0) is 0 Å². The van der Waals surface area contributed by atoms with Gasteiger partial charge in [0.25, 0.3) is 0 Å². The highest BCUT2D eigenvalue weighted by Gasteiger charge is 2.17. The Balaban J connectivity index is 2.42. The molecule has 0 aliphatic carbocycles. The van der Waals surface area contributed by atoms with Crippen LogP contribution in [0, 0.1) is 0 Å². The molecule has 0 spiro atoms. The number of aliphatic imine (C=N–C) groups is 1. The Labute approximate surface area is 91.1 Å². The first-order valence-electron chi connectivity index (χ1n) is 4.17. The molecule has 1 unspecified atom stereocenters. The van der Waals surface area contributed by atoms with E-state index in [2.05, 4.69) is 10.5 Å². The third kappa shape index (κ3) is 2.03. The summed E-state index contributed by atoms with van der Waals surface area (Å²) >= 11 is 7.60. The van der Waals surface area contributed by atoms with Gasteiger partial charge in [0.2, 0.25) is 0 Å². The average molecular weight is 229 g/mol. The zero-order valence-corrected chi connectivity index (χ0v) is 8.85. The summed E-state index contributed by atoms with van der Waals surface area (Å²) in [6.45, 7) is 0. The summed E-state index contributed by atoms with van der Waals surface area (Å²) < 4.78 is -0.1000. The quantitative estimate of drug-likeness (QED) is 0.530. The molecule has 0 fully saturated rings. The molecule has 0 saturated carbocycles. The van der Waals surface area contributed by atoms with Gasteiger partial charge in [-0.3, -0.25) is 10.7 Å². The number of benzene rings is 1. The molecule has 0 radical (unpaired) electrons. The van der Waals surface area contributed by atoms with E-state index in [4.69, 9.17) is 16.8 Å². The number of rotatable bonds is 0. The fourth-order valence-electron chi connectivity index (χ4n) is 1.24. The van der Waals surface area contributed by atoms with E-state index < -0.39 is 0 Å². The predicted molar refractivity (Wildman–Crippen MR) is 58.6 cm³/mol. The van der Waals surface area contributed by atoms with Crippen LogP contribution in [0.25, 0.3) is 0 Å². The van der Waals surface area contributed by atoms with E-state index in [1.54, 1.807) is 11.8 Å². The smallest absolute Gasteiger partial charge is 0.128 e. The van der Waals surface area contributed by atoms with E-state index in [1.165, 1.54) is 0 Å². The van der Waals surface area contributed by atoms with Gasteiger partial charge in [-0.2, -0.15) is 0 Å². The van der Waals surface area contributed by atoms with Gasteiger partial charge < -0.3 is 0 Å². The number of nitrogens with one attached hydrogen (secondary N) is 1. The van der Waals surface area contributed by atoms with Gasteiger partial charge in [0.1, 0.15) is 5.84 Å². The van der Waals surface area contributed by atoms with Crippen molar-refractivity contribution in [1.82, 2.24) is 5.48 Å². The predicted octanol–water partition coefficient (Wildman–Crippen LogP) is 2.76. The molecule has 14 heavy (non-hydrogen) atoms. The molecule has 0 aromatic heterocycles. The van der Waals surface area contributed by atoms with Crippen LogP contribution >= 0.6 is 23.4 Å². The number of fused-ring (bicyclic) bond motifs is 1. The Morgan fingerprint density at radius 3 is 3.07 bits per heavy atom. The van der Waals surface area contributed by atoms with Crippen molar-refractivity contribution in [3.8, 4) is 0 Å². The summed E-state index contributed by atoms with van der Waals surface area (Å²) in [5.74, 6) is 0.502. The summed E-state index contributed by atoms with van der Waals surface area (Å²) in [5.41, 5.74) is 2.91. The lowest BCUT2D eigenvalue weighted by Gasteiger charge is -2.05. The maximum absolute atomic E-state index is 8.81. The first-order chi connectivity index (χ1) is 6.79. The highest BCUT2D eigenvalue weighted by atomic mass is 35.5. The molecule has 2 N–H and O–H groups in total. The van der Waals surface area contributed by atoms with Gasteiger partial charge in [-0.1, -0.05) is 12.1 Å². The number of hydrogen-bond acceptors (Lipinski definition) is 4. The van der Waals surface area contributed by atoms with Crippen molar-refractivity contribution < 1.29 is 5.21 Å². The topological polar surface area (TPSA) is 44.6 Å². The van der Waals surface area contributed by atoms with Crippen molar-refractivity contribution in [2.75, 3.05) is 0 Å². The highest BCUT2D eigenvalue weighted by molar-refractivity contribution is 8.01. The number of hydrogen-bond donors (Lipinski definition) is 2. The molecule has 1 aromatic rings. The molecule has 2 rings (SSSR count). The molecule has 1 aliphatic heterocycles. The van der Waals surface area contributed by atoms with Gasteiger partial charge in [0.05, 0.1) is 10.4 Å². The number of hydroxylamine groups is 1. The van der Waals surface area contributed by atoms with Crippen LogP contribution in [0.4, 0.5) is 5.69 Å². The normalized spacial score (nSPS) is 20.7. The van der Waals surface area contributed by atoms with E-state index in [0.717, 1.165) is 10.6 Å². The summed E-state index contributed by atoms with van der Waals surface area (Å²) in [5, 5.41) is 8.81. The Bertz CT molecular complexity index is 370. The van der Waals surface area contributed by atoms with Gasteiger partial charge >= 0.3 is 0 Å². The van der Waals surface area contributed by atoms with Crippen LogP contribution < -0.4 is 5.48 Å². The van der Waals surface area contributed by atoms with Crippen LogP contribution in [0.1, 0.15) is 6.42 Å². The van der Waals surface area contributed by atoms with E-state index in [-0.39, 0.29) is 4.71 Å². The molecular weight excluding hydrogens is 220 g/mol. The van der Waals surface area contributed by atoms with Gasteiger partial charge in [0.15, 0.2) is 0 Å². The number of nitrogens with zero attached hydrogens (tertiary/aromatic N) is 1. The third-order valence-electron chi connectivity index (χ3n) is 1.86. The van der Waals surface area contributed by atoms with Crippen LogP contribution in [0.15, 0.2) is 34.2 Å². The molecule has 5 heteroatoms. The molecule has 0 saturated heterocycles. The monoisotopic (exact) mass is 228 g/mol. The number of thioether (sulfide) groups is 1. The SMILES string of the molecule is ONC1=Nc2ccccc2SC(Cl)C1. The lowest BCUT2D eigenvalue weighted by molar-refractivity contribution is 0.232. The molecule has 1 heterocycles. The van der Waals surface area contributed by atoms with Crippen molar-refractivity contribution >= 4 is 34.9 Å². The van der Waals surface area contributed by atoms with E-state index in [9.17, 15) is 0 Å². The molecular formula is C9H9ClN2OS. The van der Waals surface area contributed by atoms with Crippen molar-refractivity contribution in [3.63, 3.8) is 0 Å². The Morgan fingerprint density at radius 2 is 2.29 bits per heavy atom. The molecule has 1 aliphatic rings. The zero-order valence-electron chi connectivity index (χ0n) is 7.27. The van der Waals surface area contributed by atoms with Crippen LogP contribution in [0.5, 0.6) is 0 Å². The number of alkyl halides is 1. The molecule has 1 atom stereocenters. The average Bonchev–Trinajstić information content (AvgIpc) is 2.35. The van der Waals surface area contributed by atoms with Crippen LogP contribution in [0.3, 0.4) is 0 Å². The summed E-state index contributed by atoms with van der Waals surface area (Å²) in [7, 11) is 0. The van der Waals surface area contributed by atoms with Crippen molar-refractivity contribution in [1.29, 1.82) is 0 Å². The maximum Gasteiger partial charge on any atom is 0.128 e. The van der Waals surface area contributed by atoms with Crippen molar-refractivity contribution in [2.45, 2.75) is 16.0 Å². The lowest BCUT2D eigenvalue weighted by Crippen LogP contribution is -2.20. The molecule has 1 aromatic carbocycles. The van der Waals surface area contributed by atoms with Gasteiger partial charge in [-0.15, -0.1) is 23.4 Å². The second kappa shape index (κ2) is 4.21. The maximum atomic E-state index is 8.81. The van der Waals surface area contributed by atoms with Gasteiger partial charge in [0, 0.05) is 11.3 Å². The zero-order chi connectivity index (χ0) is 9.97. The van der Waals surface area contributed by atoms with E-state index >= 15 is 0 Å². The summed E-state index contributed by atoms with van der Waals surface area (Å²) in [6, 6.07) is 7.72. The van der Waals surface area contributed by atoms with E-state index in [0.29, 0.717) is 12.3 Å². The summed E-state index contributed by atoms with van der Waals surface area (Å²) in [6.07, 6.45) is 0.525. The standard InChI is InChI=1S/C9H9ClN2OS/c10-8-5-9(12-13)11-6-3-1-2-4-7(6)14-8/h1-4,8,13H,5H2,(H,11,12). The first kappa shape index (κ1) is 9.83. The molecule has 0 bridgehead atoms. The third-order valence-corrected chi connectivity index (χ3v) is 3.30. The minimum absolute atomic E-state index is 0.1000. The highest BCUT2D eigenvalue weighted by Crippen LogP contribution is 2.37. The lowest BCUT2D eigenvalue weighted by atomic mass is 10.3. The van der Waals surface area contributed by atoms with Gasteiger partial charge in [-0.05, 0) is 12.1 Å². The Morgan fingerprint density at radius 1 is 1.50 bits per heavy atom. The second-order valence-electron chi connectivity index (χ2n) is 2.87. The first-order valence-corrected chi connectivity index (χ1v) is 5.48. The minimum Gasteiger partial charge on any atom is -0.290 e. The van der Waals surface area contributed by atoms with Crippen molar-refractivity contribution in [2.24, 2.45) is 4.99 Å². The Kier molecular flexibility index (Phi) is 2.96. The fraction of sp³-hybridized carbons (Fsp3) is 0.222. The van der Waals surface area contributed by atoms with E-state index in [1.807, 2.05) is 24.3 Å².